The van der Waals surface area contributed by atoms with E-state index in [-0.39, 0.29) is 0 Å². The second kappa shape index (κ2) is 6.59. The first-order chi connectivity index (χ1) is 8.19. The minimum absolute atomic E-state index is 0.463. The number of aliphatic imine (C=N–C) groups is 1. The van der Waals surface area contributed by atoms with Gasteiger partial charge in [-0.15, -0.1) is 6.42 Å². The van der Waals surface area contributed by atoms with Crippen molar-refractivity contribution in [1.29, 1.82) is 0 Å². The molecule has 0 radical (unpaired) electrons. The van der Waals surface area contributed by atoms with Gasteiger partial charge in [-0.05, 0) is 20.3 Å². The molecule has 2 N–H and O–H groups in total. The van der Waals surface area contributed by atoms with E-state index in [1.807, 2.05) is 13.8 Å². The van der Waals surface area contributed by atoms with Gasteiger partial charge in [0.2, 0.25) is 0 Å². The normalized spacial score (nSPS) is 11.1. The van der Waals surface area contributed by atoms with Crippen LogP contribution in [-0.2, 0) is 6.42 Å². The zero-order chi connectivity index (χ0) is 12.7. The minimum atomic E-state index is 0.463. The highest BCUT2D eigenvalue weighted by Gasteiger charge is 2.08. The molecule has 0 bridgehead atoms. The third kappa shape index (κ3) is 3.83. The topological polar surface area (TPSA) is 62.5 Å². The molecule has 0 saturated carbocycles. The number of guanidine groups is 1. The van der Waals surface area contributed by atoms with Crippen molar-refractivity contribution in [2.45, 2.75) is 20.3 Å². The summed E-state index contributed by atoms with van der Waals surface area (Å²) in [5.74, 6) is 4.07. The maximum Gasteiger partial charge on any atom is 0.191 e. The number of aromatic nitrogens is 1. The van der Waals surface area contributed by atoms with Gasteiger partial charge in [-0.3, -0.25) is 4.99 Å². The number of nitrogens with one attached hydrogen (secondary N) is 2. The molecular weight excluding hydrogens is 216 g/mol. The first kappa shape index (κ1) is 13.1. The van der Waals surface area contributed by atoms with Gasteiger partial charge in [0.25, 0.3) is 0 Å². The Kier molecular flexibility index (Phi) is 5.08. The van der Waals surface area contributed by atoms with E-state index < -0.39 is 0 Å². The predicted molar refractivity (Wildman–Crippen MR) is 67.9 cm³/mol. The van der Waals surface area contributed by atoms with Crippen LogP contribution >= 0.6 is 0 Å². The van der Waals surface area contributed by atoms with Crippen LogP contribution in [0.25, 0.3) is 0 Å². The molecule has 0 spiro atoms. The average molecular weight is 234 g/mol. The molecule has 0 aliphatic carbocycles. The Bertz CT molecular complexity index is 409. The van der Waals surface area contributed by atoms with E-state index in [1.165, 1.54) is 0 Å². The van der Waals surface area contributed by atoms with E-state index in [9.17, 15) is 0 Å². The molecule has 0 unspecified atom stereocenters. The molecule has 1 aromatic heterocycles. The summed E-state index contributed by atoms with van der Waals surface area (Å²) >= 11 is 0. The van der Waals surface area contributed by atoms with E-state index in [0.717, 1.165) is 30.0 Å². The van der Waals surface area contributed by atoms with Gasteiger partial charge in [0.1, 0.15) is 5.76 Å². The van der Waals surface area contributed by atoms with E-state index in [0.29, 0.717) is 12.5 Å². The lowest BCUT2D eigenvalue weighted by atomic mass is 10.1. The fourth-order valence-electron chi connectivity index (χ4n) is 1.52. The highest BCUT2D eigenvalue weighted by Crippen LogP contribution is 2.11. The molecule has 5 nitrogen and oxygen atoms in total. The van der Waals surface area contributed by atoms with Gasteiger partial charge in [0, 0.05) is 19.2 Å². The van der Waals surface area contributed by atoms with Crippen molar-refractivity contribution in [3.63, 3.8) is 0 Å². The van der Waals surface area contributed by atoms with Gasteiger partial charge in [-0.1, -0.05) is 11.1 Å². The van der Waals surface area contributed by atoms with E-state index >= 15 is 0 Å². The second-order valence-corrected chi connectivity index (χ2v) is 3.61. The second-order valence-electron chi connectivity index (χ2n) is 3.61. The van der Waals surface area contributed by atoms with Crippen LogP contribution in [-0.4, -0.2) is 31.3 Å². The van der Waals surface area contributed by atoms with Gasteiger partial charge in [-0.25, -0.2) is 0 Å². The standard InChI is InChI=1S/C12H18N4O/c1-5-7-14-12(13-4)15-8-6-11-9(2)16-17-10(11)3/h1H,6-8H2,2-4H3,(H2,13,14,15). The monoisotopic (exact) mass is 234 g/mol. The number of hydrogen-bond donors (Lipinski definition) is 2. The third-order valence-electron chi connectivity index (χ3n) is 2.43. The maximum absolute atomic E-state index is 5.16. The van der Waals surface area contributed by atoms with Crippen molar-refractivity contribution in [3.05, 3.63) is 17.0 Å². The van der Waals surface area contributed by atoms with Gasteiger partial charge in [-0.2, -0.15) is 0 Å². The van der Waals surface area contributed by atoms with Crippen LogP contribution in [0, 0.1) is 26.2 Å². The Balaban J connectivity index is 2.40. The van der Waals surface area contributed by atoms with Crippen molar-refractivity contribution in [2.75, 3.05) is 20.1 Å². The summed E-state index contributed by atoms with van der Waals surface area (Å²) in [4.78, 5) is 4.05. The van der Waals surface area contributed by atoms with Crippen molar-refractivity contribution < 1.29 is 4.52 Å². The van der Waals surface area contributed by atoms with Crippen molar-refractivity contribution in [3.8, 4) is 12.3 Å². The molecular formula is C12H18N4O. The van der Waals surface area contributed by atoms with Gasteiger partial charge >= 0.3 is 0 Å². The van der Waals surface area contributed by atoms with E-state index in [1.54, 1.807) is 7.05 Å². The summed E-state index contributed by atoms with van der Waals surface area (Å²) in [7, 11) is 1.71. The summed E-state index contributed by atoms with van der Waals surface area (Å²) in [5, 5.41) is 10.1. The predicted octanol–water partition coefficient (Wildman–Crippen LogP) is 0.632. The Morgan fingerprint density at radius 3 is 2.76 bits per heavy atom. The van der Waals surface area contributed by atoms with Crippen LogP contribution in [0.4, 0.5) is 0 Å². The fraction of sp³-hybridized carbons (Fsp3) is 0.500. The number of terminal acetylenes is 1. The summed E-state index contributed by atoms with van der Waals surface area (Å²) in [5.41, 5.74) is 2.08. The van der Waals surface area contributed by atoms with Crippen LogP contribution in [0.2, 0.25) is 0 Å². The number of aryl methyl sites for hydroxylation is 2. The van der Waals surface area contributed by atoms with E-state index in [2.05, 4.69) is 26.7 Å². The van der Waals surface area contributed by atoms with Crippen LogP contribution in [0.3, 0.4) is 0 Å². The Labute approximate surface area is 102 Å². The molecule has 1 heterocycles. The average Bonchev–Trinajstić information content (AvgIpc) is 2.64. The first-order valence-electron chi connectivity index (χ1n) is 5.48. The fourth-order valence-corrected chi connectivity index (χ4v) is 1.52. The molecule has 0 saturated heterocycles. The molecule has 0 aliphatic rings. The Morgan fingerprint density at radius 1 is 1.47 bits per heavy atom. The highest BCUT2D eigenvalue weighted by atomic mass is 16.5. The molecule has 17 heavy (non-hydrogen) atoms. The van der Waals surface area contributed by atoms with Crippen LogP contribution in [0.5, 0.6) is 0 Å². The molecule has 0 fully saturated rings. The zero-order valence-electron chi connectivity index (χ0n) is 10.5. The number of hydrogen-bond acceptors (Lipinski definition) is 3. The smallest absolute Gasteiger partial charge is 0.191 e. The van der Waals surface area contributed by atoms with Crippen molar-refractivity contribution >= 4 is 5.96 Å². The first-order valence-corrected chi connectivity index (χ1v) is 5.48. The molecule has 92 valence electrons. The van der Waals surface area contributed by atoms with Crippen molar-refractivity contribution in [2.24, 2.45) is 4.99 Å². The molecule has 1 aromatic rings. The quantitative estimate of drug-likeness (QED) is 0.456. The summed E-state index contributed by atoms with van der Waals surface area (Å²) < 4.78 is 5.09. The minimum Gasteiger partial charge on any atom is -0.361 e. The summed E-state index contributed by atoms with van der Waals surface area (Å²) in [6.07, 6.45) is 6.01. The van der Waals surface area contributed by atoms with Gasteiger partial charge < -0.3 is 15.2 Å². The molecule has 5 heteroatoms. The van der Waals surface area contributed by atoms with E-state index in [4.69, 9.17) is 10.9 Å². The lowest BCUT2D eigenvalue weighted by Gasteiger charge is -2.09. The van der Waals surface area contributed by atoms with Crippen LogP contribution < -0.4 is 10.6 Å². The molecule has 0 atom stereocenters. The van der Waals surface area contributed by atoms with Crippen LogP contribution in [0.15, 0.2) is 9.52 Å². The molecule has 0 aromatic carbocycles. The SMILES string of the molecule is C#CCNC(=NC)NCCc1c(C)noc1C. The van der Waals surface area contributed by atoms with Crippen molar-refractivity contribution in [1.82, 2.24) is 15.8 Å². The highest BCUT2D eigenvalue weighted by molar-refractivity contribution is 5.79. The molecule has 0 amide bonds. The zero-order valence-corrected chi connectivity index (χ0v) is 10.5. The number of nitrogens with zero attached hydrogens (tertiary/aromatic N) is 2. The maximum atomic E-state index is 5.16. The molecule has 1 rings (SSSR count). The Hall–Kier alpha value is -1.96. The lowest BCUT2D eigenvalue weighted by Crippen LogP contribution is -2.38. The summed E-state index contributed by atoms with van der Waals surface area (Å²) in [6.45, 7) is 5.08. The van der Waals surface area contributed by atoms with Gasteiger partial charge in [0.15, 0.2) is 5.96 Å². The van der Waals surface area contributed by atoms with Gasteiger partial charge in [0.05, 0.1) is 12.2 Å². The Morgan fingerprint density at radius 2 is 2.24 bits per heavy atom. The largest absolute Gasteiger partial charge is 0.361 e. The molecule has 0 aliphatic heterocycles. The number of rotatable bonds is 4. The summed E-state index contributed by atoms with van der Waals surface area (Å²) in [6, 6.07) is 0. The third-order valence-corrected chi connectivity index (χ3v) is 2.43. The lowest BCUT2D eigenvalue weighted by molar-refractivity contribution is 0.392. The van der Waals surface area contributed by atoms with Crippen LogP contribution in [0.1, 0.15) is 17.0 Å².